The molecule has 2 aromatic heterocycles. The molecule has 0 bridgehead atoms. The van der Waals surface area contributed by atoms with Gasteiger partial charge < -0.3 is 5.73 Å². The van der Waals surface area contributed by atoms with Crippen molar-refractivity contribution in [2.24, 2.45) is 5.73 Å². The lowest BCUT2D eigenvalue weighted by atomic mass is 10.0. The van der Waals surface area contributed by atoms with Crippen LogP contribution in [0.25, 0.3) is 10.1 Å². The van der Waals surface area contributed by atoms with Gasteiger partial charge in [-0.3, -0.25) is 0 Å². The fourth-order valence-corrected chi connectivity index (χ4v) is 4.14. The maximum Gasteiger partial charge on any atom is 0.0390 e. The van der Waals surface area contributed by atoms with Crippen LogP contribution in [-0.4, -0.2) is 0 Å². The highest BCUT2D eigenvalue weighted by molar-refractivity contribution is 7.17. The van der Waals surface area contributed by atoms with Crippen molar-refractivity contribution in [2.75, 3.05) is 0 Å². The Labute approximate surface area is 121 Å². The van der Waals surface area contributed by atoms with Crippen LogP contribution < -0.4 is 5.73 Å². The molecule has 0 fully saturated rings. The molecule has 1 unspecified atom stereocenters. The highest BCUT2D eigenvalue weighted by Crippen LogP contribution is 2.30. The van der Waals surface area contributed by atoms with Crippen LogP contribution in [0.1, 0.15) is 29.3 Å². The maximum atomic E-state index is 6.37. The predicted molar refractivity (Wildman–Crippen MR) is 86.0 cm³/mol. The van der Waals surface area contributed by atoms with Crippen molar-refractivity contribution < 1.29 is 0 Å². The summed E-state index contributed by atoms with van der Waals surface area (Å²) in [6.45, 7) is 0. The zero-order valence-corrected chi connectivity index (χ0v) is 12.3. The van der Waals surface area contributed by atoms with E-state index in [-0.39, 0.29) is 6.04 Å². The first-order valence-electron chi connectivity index (χ1n) is 6.58. The van der Waals surface area contributed by atoms with Gasteiger partial charge in [-0.25, -0.2) is 0 Å². The number of nitrogens with two attached hydrogens (primary N) is 1. The van der Waals surface area contributed by atoms with Crippen molar-refractivity contribution in [3.63, 3.8) is 0 Å². The molecule has 2 heterocycles. The summed E-state index contributed by atoms with van der Waals surface area (Å²) < 4.78 is 1.35. The molecule has 3 aromatic rings. The van der Waals surface area contributed by atoms with Crippen LogP contribution in [0.5, 0.6) is 0 Å². The van der Waals surface area contributed by atoms with E-state index in [1.807, 2.05) is 11.3 Å². The first kappa shape index (κ1) is 12.9. The summed E-state index contributed by atoms with van der Waals surface area (Å²) in [5, 5.41) is 5.60. The molecular weight excluding hydrogens is 270 g/mol. The first-order chi connectivity index (χ1) is 9.34. The summed E-state index contributed by atoms with van der Waals surface area (Å²) in [5.74, 6) is 0. The molecule has 0 amide bonds. The maximum absolute atomic E-state index is 6.37. The van der Waals surface area contributed by atoms with E-state index in [0.29, 0.717) is 0 Å². The monoisotopic (exact) mass is 287 g/mol. The van der Waals surface area contributed by atoms with E-state index in [1.54, 1.807) is 11.3 Å². The second-order valence-corrected chi connectivity index (χ2v) is 6.71. The van der Waals surface area contributed by atoms with Crippen molar-refractivity contribution >= 4 is 32.8 Å². The topological polar surface area (TPSA) is 26.0 Å². The fraction of sp³-hybridized carbons (Fsp3) is 0.250. The van der Waals surface area contributed by atoms with Crippen molar-refractivity contribution in [3.05, 3.63) is 57.6 Å². The Bertz CT molecular complexity index is 640. The Morgan fingerprint density at radius 2 is 1.95 bits per heavy atom. The van der Waals surface area contributed by atoms with Crippen molar-refractivity contribution in [3.8, 4) is 0 Å². The average Bonchev–Trinajstić information content (AvgIpc) is 3.08. The number of rotatable bonds is 5. The molecule has 0 spiro atoms. The summed E-state index contributed by atoms with van der Waals surface area (Å²) in [4.78, 5) is 1.46. The summed E-state index contributed by atoms with van der Waals surface area (Å²) in [6.07, 6.45) is 3.35. The van der Waals surface area contributed by atoms with Crippen LogP contribution >= 0.6 is 22.7 Å². The smallest absolute Gasteiger partial charge is 0.0390 e. The number of fused-ring (bicyclic) bond motifs is 1. The largest absolute Gasteiger partial charge is 0.324 e. The van der Waals surface area contributed by atoms with Crippen LogP contribution in [0, 0.1) is 0 Å². The summed E-state index contributed by atoms with van der Waals surface area (Å²) in [7, 11) is 0. The average molecular weight is 287 g/mol. The van der Waals surface area contributed by atoms with Gasteiger partial charge in [-0.1, -0.05) is 24.3 Å². The van der Waals surface area contributed by atoms with Crippen LogP contribution in [0.2, 0.25) is 0 Å². The molecule has 0 aliphatic rings. The van der Waals surface area contributed by atoms with Gasteiger partial charge in [0.05, 0.1) is 0 Å². The second-order valence-electron chi connectivity index (χ2n) is 4.76. The Kier molecular flexibility index (Phi) is 3.97. The third-order valence-corrected chi connectivity index (χ3v) is 5.34. The highest BCUT2D eigenvalue weighted by atomic mass is 32.1. The van der Waals surface area contributed by atoms with Crippen LogP contribution in [0.3, 0.4) is 0 Å². The van der Waals surface area contributed by atoms with E-state index in [2.05, 4.69) is 47.2 Å². The molecule has 0 radical (unpaired) electrons. The zero-order chi connectivity index (χ0) is 13.1. The molecule has 3 heteroatoms. The van der Waals surface area contributed by atoms with E-state index in [1.165, 1.54) is 20.5 Å². The Morgan fingerprint density at radius 3 is 2.79 bits per heavy atom. The molecular formula is C16H17NS2. The van der Waals surface area contributed by atoms with E-state index in [9.17, 15) is 0 Å². The molecule has 1 nitrogen and oxygen atoms in total. The van der Waals surface area contributed by atoms with E-state index >= 15 is 0 Å². The normalized spacial score (nSPS) is 12.9. The third kappa shape index (κ3) is 2.89. The molecule has 1 atom stereocenters. The van der Waals surface area contributed by atoms with Crippen molar-refractivity contribution in [1.29, 1.82) is 0 Å². The Balaban J connectivity index is 1.66. The Hall–Kier alpha value is -1.16. The summed E-state index contributed by atoms with van der Waals surface area (Å²) >= 11 is 3.63. The van der Waals surface area contributed by atoms with Crippen LogP contribution in [0.15, 0.2) is 47.2 Å². The molecule has 0 aliphatic heterocycles. The van der Waals surface area contributed by atoms with E-state index in [4.69, 9.17) is 5.73 Å². The fourth-order valence-electron chi connectivity index (χ4n) is 2.41. The minimum atomic E-state index is 0.155. The second kappa shape index (κ2) is 5.87. The number of thiophene rings is 2. The van der Waals surface area contributed by atoms with Crippen LogP contribution in [-0.2, 0) is 6.42 Å². The van der Waals surface area contributed by atoms with Crippen molar-refractivity contribution in [1.82, 2.24) is 0 Å². The van der Waals surface area contributed by atoms with E-state index in [0.717, 1.165) is 19.3 Å². The molecule has 98 valence electrons. The van der Waals surface area contributed by atoms with Gasteiger partial charge in [0.1, 0.15) is 0 Å². The lowest BCUT2D eigenvalue weighted by Crippen LogP contribution is -2.10. The summed E-state index contributed by atoms with van der Waals surface area (Å²) in [6, 6.07) is 13.1. The van der Waals surface area contributed by atoms with Gasteiger partial charge in [-0.15, -0.1) is 22.7 Å². The molecule has 2 N–H and O–H groups in total. The molecule has 0 saturated heterocycles. The number of benzene rings is 1. The molecule has 3 rings (SSSR count). The molecule has 0 aliphatic carbocycles. The quantitative estimate of drug-likeness (QED) is 0.703. The number of hydrogen-bond acceptors (Lipinski definition) is 3. The standard InChI is InChI=1S/C16H17NS2/c17-15(8-2-5-13-6-3-10-18-13)14-7-1-4-12-9-11-19-16(12)14/h1,3-4,6-7,9-11,15H,2,5,8,17H2. The lowest BCUT2D eigenvalue weighted by Gasteiger charge is -2.12. The number of aryl methyl sites for hydroxylation is 1. The SMILES string of the molecule is NC(CCCc1cccs1)c1cccc2ccsc12. The summed E-state index contributed by atoms with van der Waals surface area (Å²) in [5.41, 5.74) is 7.67. The van der Waals surface area contributed by atoms with Gasteiger partial charge in [0.25, 0.3) is 0 Å². The highest BCUT2D eigenvalue weighted by Gasteiger charge is 2.10. The molecule has 0 saturated carbocycles. The predicted octanol–water partition coefficient (Wildman–Crippen LogP) is 4.99. The zero-order valence-electron chi connectivity index (χ0n) is 10.7. The lowest BCUT2D eigenvalue weighted by molar-refractivity contribution is 0.618. The first-order valence-corrected chi connectivity index (χ1v) is 8.34. The Morgan fingerprint density at radius 1 is 1.00 bits per heavy atom. The van der Waals surface area contributed by atoms with Crippen LogP contribution in [0.4, 0.5) is 0 Å². The van der Waals surface area contributed by atoms with Gasteiger partial charge in [-0.05, 0) is 53.1 Å². The minimum absolute atomic E-state index is 0.155. The number of hydrogen-bond donors (Lipinski definition) is 1. The molecule has 19 heavy (non-hydrogen) atoms. The third-order valence-electron chi connectivity index (χ3n) is 3.43. The van der Waals surface area contributed by atoms with Crippen molar-refractivity contribution in [2.45, 2.75) is 25.3 Å². The minimum Gasteiger partial charge on any atom is -0.324 e. The van der Waals surface area contributed by atoms with Gasteiger partial charge in [0.2, 0.25) is 0 Å². The molecule has 1 aromatic carbocycles. The van der Waals surface area contributed by atoms with Gasteiger partial charge in [-0.2, -0.15) is 0 Å². The van der Waals surface area contributed by atoms with Gasteiger partial charge in [0, 0.05) is 15.6 Å². The van der Waals surface area contributed by atoms with Gasteiger partial charge >= 0.3 is 0 Å². The van der Waals surface area contributed by atoms with Gasteiger partial charge in [0.15, 0.2) is 0 Å². The van der Waals surface area contributed by atoms with E-state index < -0.39 is 0 Å².